The van der Waals surface area contributed by atoms with Crippen LogP contribution in [0, 0.1) is 13.8 Å². The van der Waals surface area contributed by atoms with Crippen molar-refractivity contribution in [3.63, 3.8) is 0 Å². The van der Waals surface area contributed by atoms with E-state index in [4.69, 9.17) is 14.2 Å². The lowest BCUT2D eigenvalue weighted by molar-refractivity contribution is -0.134. The van der Waals surface area contributed by atoms with E-state index in [-0.39, 0.29) is 24.3 Å². The zero-order valence-electron chi connectivity index (χ0n) is 20.4. The van der Waals surface area contributed by atoms with Crippen molar-refractivity contribution in [3.05, 3.63) is 63.6 Å². The van der Waals surface area contributed by atoms with Crippen LogP contribution in [0.4, 0.5) is 5.69 Å². The minimum Gasteiger partial charge on any atom is -0.486 e. The van der Waals surface area contributed by atoms with Gasteiger partial charge < -0.3 is 24.4 Å². The van der Waals surface area contributed by atoms with Gasteiger partial charge in [-0.25, -0.2) is 4.98 Å². The zero-order valence-corrected chi connectivity index (χ0v) is 21.2. The molecular weight excluding hydrogens is 478 g/mol. The molecule has 1 N–H and O–H groups in total. The van der Waals surface area contributed by atoms with Crippen molar-refractivity contribution in [1.29, 1.82) is 0 Å². The minimum atomic E-state index is -0.259. The molecule has 0 unspecified atom stereocenters. The summed E-state index contributed by atoms with van der Waals surface area (Å²) in [6.45, 7) is 6.43. The summed E-state index contributed by atoms with van der Waals surface area (Å²) in [6.07, 6.45) is 1.62. The summed E-state index contributed by atoms with van der Waals surface area (Å²) in [5.41, 5.74) is 3.37. The lowest BCUT2D eigenvalue weighted by atomic mass is 9.97. The molecule has 0 saturated carbocycles. The quantitative estimate of drug-likeness (QED) is 0.526. The van der Waals surface area contributed by atoms with Crippen LogP contribution in [0.5, 0.6) is 17.2 Å². The van der Waals surface area contributed by atoms with Gasteiger partial charge in [0.1, 0.15) is 24.7 Å². The van der Waals surface area contributed by atoms with Crippen LogP contribution in [0.3, 0.4) is 0 Å². The normalized spacial score (nSPS) is 15.4. The van der Waals surface area contributed by atoms with Gasteiger partial charge in [-0.05, 0) is 62.1 Å². The van der Waals surface area contributed by atoms with E-state index in [2.05, 4.69) is 10.3 Å². The van der Waals surface area contributed by atoms with Crippen molar-refractivity contribution in [2.45, 2.75) is 32.6 Å². The highest BCUT2D eigenvalue weighted by Crippen LogP contribution is 2.33. The Hall–Kier alpha value is -3.59. The van der Waals surface area contributed by atoms with Crippen molar-refractivity contribution >= 4 is 28.8 Å². The third-order valence-corrected chi connectivity index (χ3v) is 7.60. The van der Waals surface area contributed by atoms with Gasteiger partial charge in [0, 0.05) is 36.1 Å². The first-order valence-corrected chi connectivity index (χ1v) is 13.0. The van der Waals surface area contributed by atoms with Crippen molar-refractivity contribution in [2.75, 3.05) is 38.2 Å². The maximum Gasteiger partial charge on any atom is 0.275 e. The largest absolute Gasteiger partial charge is 0.486 e. The summed E-state index contributed by atoms with van der Waals surface area (Å²) in [6, 6.07) is 11.2. The maximum atomic E-state index is 12.7. The Morgan fingerprint density at radius 1 is 1.06 bits per heavy atom. The van der Waals surface area contributed by atoms with Gasteiger partial charge in [-0.1, -0.05) is 6.07 Å². The second-order valence-electron chi connectivity index (χ2n) is 9.07. The molecule has 0 aliphatic carbocycles. The maximum absolute atomic E-state index is 12.7. The van der Waals surface area contributed by atoms with E-state index in [1.165, 1.54) is 16.9 Å². The number of benzene rings is 2. The molecular formula is C27H29N3O5S. The molecule has 0 radical (unpaired) electrons. The number of carbonyl (C=O) groups is 2. The minimum absolute atomic E-state index is 0.00897. The highest BCUT2D eigenvalue weighted by molar-refractivity contribution is 7.10. The molecule has 1 saturated heterocycles. The van der Waals surface area contributed by atoms with Gasteiger partial charge in [0.2, 0.25) is 0 Å². The van der Waals surface area contributed by atoms with Gasteiger partial charge in [0.05, 0.1) is 5.01 Å². The van der Waals surface area contributed by atoms with Gasteiger partial charge in [0.15, 0.2) is 18.1 Å². The molecule has 36 heavy (non-hydrogen) atoms. The number of fused-ring (bicyclic) bond motifs is 1. The molecule has 2 amide bonds. The first-order chi connectivity index (χ1) is 17.5. The highest BCUT2D eigenvalue weighted by Gasteiger charge is 2.27. The third-order valence-electron chi connectivity index (χ3n) is 6.59. The number of piperidine rings is 1. The molecule has 0 spiro atoms. The topological polar surface area (TPSA) is 90.0 Å². The van der Waals surface area contributed by atoms with E-state index in [9.17, 15) is 9.59 Å². The average Bonchev–Trinajstić information content (AvgIpc) is 3.40. The number of likely N-dealkylation sites (tertiary alicyclic amines) is 1. The Kier molecular flexibility index (Phi) is 7.09. The number of thiazole rings is 1. The summed E-state index contributed by atoms with van der Waals surface area (Å²) in [4.78, 5) is 31.8. The second kappa shape index (κ2) is 10.6. The molecule has 0 bridgehead atoms. The second-order valence-corrected chi connectivity index (χ2v) is 9.96. The molecule has 3 heterocycles. The molecule has 2 aromatic carbocycles. The van der Waals surface area contributed by atoms with Gasteiger partial charge >= 0.3 is 0 Å². The first-order valence-electron chi connectivity index (χ1n) is 12.1. The molecule has 188 valence electrons. The van der Waals surface area contributed by atoms with Crippen LogP contribution < -0.4 is 19.5 Å². The first kappa shape index (κ1) is 24.1. The van der Waals surface area contributed by atoms with Crippen LogP contribution in [-0.4, -0.2) is 54.6 Å². The summed E-state index contributed by atoms with van der Waals surface area (Å²) in [5, 5.41) is 5.60. The van der Waals surface area contributed by atoms with Crippen molar-refractivity contribution in [1.82, 2.24) is 9.88 Å². The number of anilines is 1. The van der Waals surface area contributed by atoms with Crippen molar-refractivity contribution in [2.24, 2.45) is 0 Å². The molecule has 2 aliphatic rings. The van der Waals surface area contributed by atoms with Gasteiger partial charge in [-0.15, -0.1) is 11.3 Å². The number of nitrogens with one attached hydrogen (secondary N) is 1. The van der Waals surface area contributed by atoms with Crippen LogP contribution in [0.1, 0.15) is 45.4 Å². The number of ether oxygens (including phenoxy) is 3. The van der Waals surface area contributed by atoms with E-state index in [1.54, 1.807) is 23.6 Å². The van der Waals surface area contributed by atoms with Crippen LogP contribution in [-0.2, 0) is 4.79 Å². The fourth-order valence-electron chi connectivity index (χ4n) is 4.31. The van der Waals surface area contributed by atoms with Crippen LogP contribution in [0.2, 0.25) is 0 Å². The third kappa shape index (κ3) is 5.46. The fourth-order valence-corrected chi connectivity index (χ4v) is 5.28. The highest BCUT2D eigenvalue weighted by atomic mass is 32.1. The van der Waals surface area contributed by atoms with E-state index in [0.717, 1.165) is 23.4 Å². The Balaban J connectivity index is 1.12. The summed E-state index contributed by atoms with van der Waals surface area (Å²) >= 11 is 1.49. The number of carbonyl (C=O) groups excluding carboxylic acids is 2. The van der Waals surface area contributed by atoms with Crippen molar-refractivity contribution in [3.8, 4) is 17.2 Å². The summed E-state index contributed by atoms with van der Waals surface area (Å²) in [5.74, 6) is 1.98. The smallest absolute Gasteiger partial charge is 0.275 e. The lowest BCUT2D eigenvalue weighted by Gasteiger charge is -2.31. The Bertz CT molecular complexity index is 1270. The fraction of sp³-hybridized carbons (Fsp3) is 0.370. The average molecular weight is 508 g/mol. The standard InChI is InChI=1S/C27H29N3O5S/c1-17-3-5-21(13-18(17)2)35-15-25(31)30-9-7-19(8-10-30)27-29-22(16-36-27)26(32)28-20-4-6-23-24(14-20)34-12-11-33-23/h3-6,13-14,16,19H,7-12,15H2,1-2H3,(H,28,32). The van der Waals surface area contributed by atoms with E-state index >= 15 is 0 Å². The Morgan fingerprint density at radius 2 is 1.83 bits per heavy atom. The van der Waals surface area contributed by atoms with Gasteiger partial charge in [-0.2, -0.15) is 0 Å². The molecule has 0 atom stereocenters. The molecule has 9 heteroatoms. The predicted octanol–water partition coefficient (Wildman–Crippen LogP) is 4.57. The van der Waals surface area contributed by atoms with E-state index in [0.29, 0.717) is 54.9 Å². The van der Waals surface area contributed by atoms with Gasteiger partial charge in [0.25, 0.3) is 11.8 Å². The number of hydrogen-bond donors (Lipinski definition) is 1. The lowest BCUT2D eigenvalue weighted by Crippen LogP contribution is -2.40. The molecule has 3 aromatic rings. The molecule has 1 fully saturated rings. The SMILES string of the molecule is Cc1ccc(OCC(=O)N2CCC(c3nc(C(=O)Nc4ccc5c(c4)OCCO5)cs3)CC2)cc1C. The molecule has 8 nitrogen and oxygen atoms in total. The number of hydrogen-bond acceptors (Lipinski definition) is 7. The summed E-state index contributed by atoms with van der Waals surface area (Å²) < 4.78 is 16.8. The number of rotatable bonds is 6. The Labute approximate surface area is 214 Å². The Morgan fingerprint density at radius 3 is 2.61 bits per heavy atom. The zero-order chi connectivity index (χ0) is 25.1. The number of aromatic nitrogens is 1. The van der Waals surface area contributed by atoms with Gasteiger partial charge in [-0.3, -0.25) is 9.59 Å². The number of aryl methyl sites for hydroxylation is 2. The molecule has 5 rings (SSSR count). The van der Waals surface area contributed by atoms with E-state index < -0.39 is 0 Å². The van der Waals surface area contributed by atoms with Crippen molar-refractivity contribution < 1.29 is 23.8 Å². The summed E-state index contributed by atoms with van der Waals surface area (Å²) in [7, 11) is 0. The van der Waals surface area contributed by atoms with Crippen LogP contribution in [0.15, 0.2) is 41.8 Å². The van der Waals surface area contributed by atoms with E-state index in [1.807, 2.05) is 36.9 Å². The molecule has 1 aromatic heterocycles. The molecule has 2 aliphatic heterocycles. The predicted molar refractivity (Wildman–Crippen MR) is 137 cm³/mol. The number of amides is 2. The monoisotopic (exact) mass is 507 g/mol. The van der Waals surface area contributed by atoms with Crippen LogP contribution in [0.25, 0.3) is 0 Å². The van der Waals surface area contributed by atoms with Crippen LogP contribution >= 0.6 is 11.3 Å². The number of nitrogens with zero attached hydrogens (tertiary/aromatic N) is 2.